The van der Waals surface area contributed by atoms with Crippen molar-refractivity contribution in [3.8, 4) is 11.4 Å². The van der Waals surface area contributed by atoms with E-state index in [-0.39, 0.29) is 5.97 Å². The summed E-state index contributed by atoms with van der Waals surface area (Å²) in [5.41, 5.74) is 2.08. The smallest absolute Gasteiger partial charge is 0.307 e. The highest BCUT2D eigenvalue weighted by atomic mass is 16.5. The fourth-order valence-corrected chi connectivity index (χ4v) is 2.98. The molecule has 3 aromatic rings. The molecule has 0 bridgehead atoms. The molecule has 0 atom stereocenters. The van der Waals surface area contributed by atoms with Gasteiger partial charge in [-0.15, -0.1) is 0 Å². The van der Waals surface area contributed by atoms with Gasteiger partial charge >= 0.3 is 5.97 Å². The summed E-state index contributed by atoms with van der Waals surface area (Å²) in [4.78, 5) is 22.8. The number of carbonyl (C=O) groups is 1. The minimum Gasteiger partial charge on any atom is -0.466 e. The van der Waals surface area contributed by atoms with Crippen molar-refractivity contribution in [2.45, 2.75) is 33.5 Å². The van der Waals surface area contributed by atoms with Crippen molar-refractivity contribution in [1.29, 1.82) is 0 Å². The molecule has 0 saturated carbocycles. The van der Waals surface area contributed by atoms with Gasteiger partial charge in [-0.3, -0.25) is 14.7 Å². The molecule has 2 aromatic heterocycles. The highest BCUT2D eigenvalue weighted by Crippen LogP contribution is 2.18. The van der Waals surface area contributed by atoms with Crippen LogP contribution in [0.25, 0.3) is 11.4 Å². The van der Waals surface area contributed by atoms with Crippen molar-refractivity contribution in [3.63, 3.8) is 0 Å². The first-order valence-corrected chi connectivity index (χ1v) is 9.39. The molecule has 7 nitrogen and oxygen atoms in total. The fourth-order valence-electron chi connectivity index (χ4n) is 2.98. The largest absolute Gasteiger partial charge is 0.466 e. The second kappa shape index (κ2) is 9.75. The summed E-state index contributed by atoms with van der Waals surface area (Å²) in [7, 11) is 0. The van der Waals surface area contributed by atoms with E-state index in [1.165, 1.54) is 0 Å². The van der Waals surface area contributed by atoms with Gasteiger partial charge in [-0.05, 0) is 25.5 Å². The van der Waals surface area contributed by atoms with Crippen LogP contribution in [0.5, 0.6) is 0 Å². The third-order valence-electron chi connectivity index (χ3n) is 4.21. The maximum Gasteiger partial charge on any atom is 0.307 e. The zero-order valence-corrected chi connectivity index (χ0v) is 16.3. The molecule has 28 heavy (non-hydrogen) atoms. The normalized spacial score (nSPS) is 11.0. The Hall–Kier alpha value is -3.06. The molecule has 0 amide bonds. The van der Waals surface area contributed by atoms with Gasteiger partial charge in [-0.1, -0.05) is 36.4 Å². The van der Waals surface area contributed by atoms with Gasteiger partial charge in [-0.2, -0.15) is 5.10 Å². The third-order valence-corrected chi connectivity index (χ3v) is 4.21. The first-order valence-electron chi connectivity index (χ1n) is 9.39. The number of ether oxygens (including phenoxy) is 1. The van der Waals surface area contributed by atoms with Crippen LogP contribution in [0.2, 0.25) is 0 Å². The minimum atomic E-state index is -0.197. The van der Waals surface area contributed by atoms with Crippen LogP contribution in [0, 0.1) is 6.92 Å². The molecule has 146 valence electrons. The van der Waals surface area contributed by atoms with Gasteiger partial charge in [0, 0.05) is 31.0 Å². The number of aryl methyl sites for hydroxylation is 1. The first kappa shape index (κ1) is 19.7. The Labute approximate surface area is 165 Å². The Morgan fingerprint density at radius 2 is 2.00 bits per heavy atom. The van der Waals surface area contributed by atoms with Crippen LogP contribution in [-0.4, -0.2) is 43.8 Å². The van der Waals surface area contributed by atoms with Crippen LogP contribution >= 0.6 is 0 Å². The molecule has 0 aliphatic carbocycles. The maximum atomic E-state index is 11.8. The average molecular weight is 379 g/mol. The van der Waals surface area contributed by atoms with E-state index in [9.17, 15) is 4.79 Å². The number of hydrogen-bond donors (Lipinski definition) is 0. The number of carbonyl (C=O) groups excluding carboxylic acids is 1. The monoisotopic (exact) mass is 379 g/mol. The molecular formula is C21H25N5O2. The van der Waals surface area contributed by atoms with Gasteiger partial charge < -0.3 is 4.74 Å². The number of hydrogen-bond acceptors (Lipinski definition) is 6. The topological polar surface area (TPSA) is 73.1 Å². The van der Waals surface area contributed by atoms with E-state index in [2.05, 4.69) is 20.0 Å². The van der Waals surface area contributed by atoms with Crippen molar-refractivity contribution < 1.29 is 9.53 Å². The summed E-state index contributed by atoms with van der Waals surface area (Å²) in [6, 6.07) is 13.9. The highest BCUT2D eigenvalue weighted by Gasteiger charge is 2.15. The molecule has 0 unspecified atom stereocenters. The molecule has 1 aromatic carbocycles. The summed E-state index contributed by atoms with van der Waals surface area (Å²) in [6.45, 7) is 5.81. The van der Waals surface area contributed by atoms with E-state index >= 15 is 0 Å². The summed E-state index contributed by atoms with van der Waals surface area (Å²) in [6.07, 6.45) is 3.91. The molecule has 0 aliphatic rings. The zero-order chi connectivity index (χ0) is 19.8. The average Bonchev–Trinajstić information content (AvgIpc) is 3.08. The lowest BCUT2D eigenvalue weighted by molar-refractivity contribution is -0.143. The lowest BCUT2D eigenvalue weighted by atomic mass is 10.2. The molecule has 0 saturated heterocycles. The number of benzene rings is 1. The van der Waals surface area contributed by atoms with Crippen molar-refractivity contribution in [1.82, 2.24) is 24.6 Å². The maximum absolute atomic E-state index is 11.8. The fraction of sp³-hybridized carbons (Fsp3) is 0.333. The number of esters is 1. The summed E-state index contributed by atoms with van der Waals surface area (Å²) < 4.78 is 6.96. The second-order valence-corrected chi connectivity index (χ2v) is 6.46. The molecule has 0 fully saturated rings. The predicted molar refractivity (Wildman–Crippen MR) is 106 cm³/mol. The van der Waals surface area contributed by atoms with Crippen molar-refractivity contribution in [3.05, 3.63) is 66.2 Å². The first-order chi connectivity index (χ1) is 13.7. The summed E-state index contributed by atoms with van der Waals surface area (Å²) >= 11 is 0. The quantitative estimate of drug-likeness (QED) is 0.532. The highest BCUT2D eigenvalue weighted by molar-refractivity contribution is 5.69. The van der Waals surface area contributed by atoms with Gasteiger partial charge in [0.15, 0.2) is 5.82 Å². The van der Waals surface area contributed by atoms with Gasteiger partial charge in [-0.25, -0.2) is 9.67 Å². The molecule has 7 heteroatoms. The van der Waals surface area contributed by atoms with Crippen molar-refractivity contribution in [2.75, 3.05) is 13.2 Å². The van der Waals surface area contributed by atoms with Crippen LogP contribution in [0.15, 0.2) is 54.9 Å². The van der Waals surface area contributed by atoms with Crippen LogP contribution in [0.1, 0.15) is 24.7 Å². The number of pyridine rings is 1. The number of aromatic nitrogens is 4. The van der Waals surface area contributed by atoms with E-state index in [1.807, 2.05) is 67.2 Å². The molecule has 2 heterocycles. The molecule has 3 rings (SSSR count). The lowest BCUT2D eigenvalue weighted by Gasteiger charge is -2.22. The van der Waals surface area contributed by atoms with E-state index in [4.69, 9.17) is 4.74 Å². The Morgan fingerprint density at radius 1 is 1.18 bits per heavy atom. The standard InChI is InChI=1S/C21H25N5O2/c1-3-28-20(27)11-13-25(15-18-8-7-12-22-14-18)16-26-21(23-17(2)24-26)19-9-5-4-6-10-19/h4-10,12,14H,3,11,13,15-16H2,1-2H3. The Morgan fingerprint density at radius 3 is 2.71 bits per heavy atom. The van der Waals surface area contributed by atoms with Gasteiger partial charge in [0.25, 0.3) is 0 Å². The van der Waals surface area contributed by atoms with Crippen LogP contribution in [0.3, 0.4) is 0 Å². The van der Waals surface area contributed by atoms with Crippen LogP contribution in [-0.2, 0) is 22.7 Å². The van der Waals surface area contributed by atoms with Gasteiger partial charge in [0.2, 0.25) is 0 Å². The lowest BCUT2D eigenvalue weighted by Crippen LogP contribution is -2.30. The van der Waals surface area contributed by atoms with E-state index in [0.717, 1.165) is 17.0 Å². The van der Waals surface area contributed by atoms with Crippen molar-refractivity contribution >= 4 is 5.97 Å². The number of nitrogens with zero attached hydrogens (tertiary/aromatic N) is 5. The van der Waals surface area contributed by atoms with Crippen LogP contribution in [0.4, 0.5) is 0 Å². The van der Waals surface area contributed by atoms with E-state index in [1.54, 1.807) is 6.20 Å². The molecule has 0 spiro atoms. The minimum absolute atomic E-state index is 0.197. The van der Waals surface area contributed by atoms with Gasteiger partial charge in [0.05, 0.1) is 19.7 Å². The van der Waals surface area contributed by atoms with Gasteiger partial charge in [0.1, 0.15) is 5.82 Å². The molecule has 0 N–H and O–H groups in total. The number of rotatable bonds is 9. The third kappa shape index (κ3) is 5.47. The zero-order valence-electron chi connectivity index (χ0n) is 16.3. The predicted octanol–water partition coefficient (Wildman–Crippen LogP) is 3.06. The SMILES string of the molecule is CCOC(=O)CCN(Cc1cccnc1)Cn1nc(C)nc1-c1ccccc1. The summed E-state index contributed by atoms with van der Waals surface area (Å²) in [5.74, 6) is 1.33. The Bertz CT molecular complexity index is 880. The molecule has 0 aliphatic heterocycles. The van der Waals surface area contributed by atoms with E-state index in [0.29, 0.717) is 38.6 Å². The molecular weight excluding hydrogens is 354 g/mol. The van der Waals surface area contributed by atoms with Crippen LogP contribution < -0.4 is 0 Å². The Kier molecular flexibility index (Phi) is 6.86. The molecule has 0 radical (unpaired) electrons. The Balaban J connectivity index is 1.79. The second-order valence-electron chi connectivity index (χ2n) is 6.46. The summed E-state index contributed by atoms with van der Waals surface area (Å²) in [5, 5.41) is 4.56. The van der Waals surface area contributed by atoms with Crippen molar-refractivity contribution in [2.24, 2.45) is 0 Å². The van der Waals surface area contributed by atoms with E-state index < -0.39 is 0 Å².